The van der Waals surface area contributed by atoms with Crippen LogP contribution in [-0.2, 0) is 10.0 Å². The van der Waals surface area contributed by atoms with Crippen LogP contribution in [-0.4, -0.2) is 21.1 Å². The van der Waals surface area contributed by atoms with E-state index in [1.807, 2.05) is 13.8 Å². The Labute approximate surface area is 134 Å². The fourth-order valence-corrected chi connectivity index (χ4v) is 4.24. The molecule has 0 spiro atoms. The maximum atomic E-state index is 12.5. The van der Waals surface area contributed by atoms with Crippen molar-refractivity contribution in [1.29, 1.82) is 0 Å². The fraction of sp³-hybridized carbons (Fsp3) is 0.647. The van der Waals surface area contributed by atoms with Gasteiger partial charge in [-0.3, -0.25) is 0 Å². The highest BCUT2D eigenvalue weighted by Crippen LogP contribution is 2.24. The second kappa shape index (κ2) is 7.97. The maximum absolute atomic E-state index is 12.5. The zero-order chi connectivity index (χ0) is 16.0. The minimum absolute atomic E-state index is 0.0730. The third kappa shape index (κ3) is 4.71. The van der Waals surface area contributed by atoms with Crippen molar-refractivity contribution in [1.82, 2.24) is 4.72 Å². The Morgan fingerprint density at radius 2 is 1.86 bits per heavy atom. The lowest BCUT2D eigenvalue weighted by Gasteiger charge is -2.17. The van der Waals surface area contributed by atoms with E-state index in [0.29, 0.717) is 11.5 Å². The summed E-state index contributed by atoms with van der Waals surface area (Å²) < 4.78 is 33.6. The highest BCUT2D eigenvalue weighted by molar-refractivity contribution is 7.89. The van der Waals surface area contributed by atoms with Crippen LogP contribution in [0.1, 0.15) is 57.4 Å². The molecule has 1 aliphatic carbocycles. The Bertz CT molecular complexity index is 576. The molecule has 0 unspecified atom stereocenters. The van der Waals surface area contributed by atoms with E-state index in [2.05, 4.69) is 4.72 Å². The zero-order valence-corrected chi connectivity index (χ0v) is 14.4. The Morgan fingerprint density at radius 1 is 1.18 bits per heavy atom. The predicted molar refractivity (Wildman–Crippen MR) is 88.8 cm³/mol. The van der Waals surface area contributed by atoms with Crippen molar-refractivity contribution >= 4 is 10.0 Å². The molecule has 1 fully saturated rings. The predicted octanol–water partition coefficient (Wildman–Crippen LogP) is 3.78. The summed E-state index contributed by atoms with van der Waals surface area (Å²) in [5.74, 6) is 0.760. The maximum Gasteiger partial charge on any atom is 0.240 e. The van der Waals surface area contributed by atoms with Crippen LogP contribution in [0, 0.1) is 6.92 Å². The smallest absolute Gasteiger partial charge is 0.240 e. The first-order valence-electron chi connectivity index (χ1n) is 8.28. The van der Waals surface area contributed by atoms with Gasteiger partial charge in [0.25, 0.3) is 0 Å². The molecule has 1 N–H and O–H groups in total. The largest absolute Gasteiger partial charge is 0.493 e. The average molecular weight is 325 g/mol. The van der Waals surface area contributed by atoms with Crippen LogP contribution >= 0.6 is 0 Å². The lowest BCUT2D eigenvalue weighted by Crippen LogP contribution is -2.34. The Morgan fingerprint density at radius 3 is 2.45 bits per heavy atom. The number of hydrogen-bond donors (Lipinski definition) is 1. The molecule has 1 aromatic rings. The van der Waals surface area contributed by atoms with Crippen molar-refractivity contribution in [2.24, 2.45) is 0 Å². The number of nitrogens with one attached hydrogen (secondary N) is 1. The summed E-state index contributed by atoms with van der Waals surface area (Å²) in [5.41, 5.74) is 0.859. The summed E-state index contributed by atoms with van der Waals surface area (Å²) >= 11 is 0. The standard InChI is InChI=1S/C17H27NO3S/c1-3-12-21-17-11-10-16(13-14(17)2)22(19,20)18-15-8-6-4-5-7-9-15/h10-11,13,15,18H,3-9,12H2,1-2H3. The van der Waals surface area contributed by atoms with Crippen LogP contribution in [0.5, 0.6) is 5.75 Å². The third-order valence-electron chi connectivity index (χ3n) is 4.10. The van der Waals surface area contributed by atoms with Crippen molar-refractivity contribution in [3.63, 3.8) is 0 Å². The van der Waals surface area contributed by atoms with E-state index in [9.17, 15) is 8.42 Å². The lowest BCUT2D eigenvalue weighted by atomic mass is 10.1. The molecule has 0 radical (unpaired) electrons. The SMILES string of the molecule is CCCOc1ccc(S(=O)(=O)NC2CCCCCC2)cc1C. The molecule has 0 atom stereocenters. The van der Waals surface area contributed by atoms with Crippen LogP contribution in [0.3, 0.4) is 0 Å². The average Bonchev–Trinajstić information content (AvgIpc) is 2.74. The monoisotopic (exact) mass is 325 g/mol. The second-order valence-corrected chi connectivity index (χ2v) is 7.80. The molecule has 5 heteroatoms. The van der Waals surface area contributed by atoms with Crippen LogP contribution < -0.4 is 9.46 Å². The number of hydrogen-bond acceptors (Lipinski definition) is 3. The summed E-state index contributed by atoms with van der Waals surface area (Å²) in [6, 6.07) is 5.16. The van der Waals surface area contributed by atoms with Gasteiger partial charge >= 0.3 is 0 Å². The third-order valence-corrected chi connectivity index (χ3v) is 5.61. The molecule has 22 heavy (non-hydrogen) atoms. The zero-order valence-electron chi connectivity index (χ0n) is 13.6. The van der Waals surface area contributed by atoms with Crippen LogP contribution in [0.2, 0.25) is 0 Å². The quantitative estimate of drug-likeness (QED) is 0.810. The highest BCUT2D eigenvalue weighted by atomic mass is 32.2. The van der Waals surface area contributed by atoms with Crippen molar-refractivity contribution in [2.75, 3.05) is 6.61 Å². The normalized spacial score (nSPS) is 17.2. The van der Waals surface area contributed by atoms with E-state index in [-0.39, 0.29) is 6.04 Å². The molecular weight excluding hydrogens is 298 g/mol. The van der Waals surface area contributed by atoms with Gasteiger partial charge in [0.15, 0.2) is 0 Å². The highest BCUT2D eigenvalue weighted by Gasteiger charge is 2.21. The van der Waals surface area contributed by atoms with E-state index in [1.54, 1.807) is 18.2 Å². The minimum atomic E-state index is -3.44. The van der Waals surface area contributed by atoms with Crippen molar-refractivity contribution in [2.45, 2.75) is 69.7 Å². The first-order chi connectivity index (χ1) is 10.5. The van der Waals surface area contributed by atoms with E-state index in [1.165, 1.54) is 12.8 Å². The molecule has 0 amide bonds. The molecule has 0 aromatic heterocycles. The first-order valence-corrected chi connectivity index (χ1v) is 9.77. The first kappa shape index (κ1) is 17.3. The minimum Gasteiger partial charge on any atom is -0.493 e. The number of rotatable bonds is 6. The van der Waals surface area contributed by atoms with Gasteiger partial charge in [0.2, 0.25) is 10.0 Å². The molecule has 0 saturated heterocycles. The molecule has 0 bridgehead atoms. The van der Waals surface area contributed by atoms with Gasteiger partial charge in [-0.2, -0.15) is 0 Å². The van der Waals surface area contributed by atoms with E-state index in [4.69, 9.17) is 4.74 Å². The van der Waals surface area contributed by atoms with Crippen molar-refractivity contribution < 1.29 is 13.2 Å². The topological polar surface area (TPSA) is 55.4 Å². The van der Waals surface area contributed by atoms with E-state index in [0.717, 1.165) is 43.4 Å². The van der Waals surface area contributed by atoms with Crippen LogP contribution in [0.25, 0.3) is 0 Å². The number of ether oxygens (including phenoxy) is 1. The molecule has 1 saturated carbocycles. The Kier molecular flexibility index (Phi) is 6.26. The van der Waals surface area contributed by atoms with Gasteiger partial charge in [-0.05, 0) is 49.9 Å². The van der Waals surface area contributed by atoms with Crippen LogP contribution in [0.4, 0.5) is 0 Å². The summed E-state index contributed by atoms with van der Waals surface area (Å²) in [5, 5.41) is 0. The van der Waals surface area contributed by atoms with E-state index < -0.39 is 10.0 Å². The van der Waals surface area contributed by atoms with Gasteiger partial charge in [-0.25, -0.2) is 13.1 Å². The Balaban J connectivity index is 2.09. The fourth-order valence-electron chi connectivity index (χ4n) is 2.85. The van der Waals surface area contributed by atoms with Gasteiger partial charge in [0.1, 0.15) is 5.75 Å². The van der Waals surface area contributed by atoms with E-state index >= 15 is 0 Å². The van der Waals surface area contributed by atoms with Crippen molar-refractivity contribution in [3.05, 3.63) is 23.8 Å². The molecule has 124 valence electrons. The lowest BCUT2D eigenvalue weighted by molar-refractivity contribution is 0.315. The van der Waals surface area contributed by atoms with Crippen LogP contribution in [0.15, 0.2) is 23.1 Å². The van der Waals surface area contributed by atoms with Gasteiger partial charge < -0.3 is 4.74 Å². The summed E-state index contributed by atoms with van der Waals surface area (Å²) in [6.07, 6.45) is 7.45. The molecule has 2 rings (SSSR count). The number of benzene rings is 1. The van der Waals surface area contributed by atoms with Gasteiger partial charge in [-0.15, -0.1) is 0 Å². The number of aryl methyl sites for hydroxylation is 1. The molecule has 1 aliphatic rings. The molecule has 0 aliphatic heterocycles. The van der Waals surface area contributed by atoms with Crippen molar-refractivity contribution in [3.8, 4) is 5.75 Å². The number of sulfonamides is 1. The second-order valence-electron chi connectivity index (χ2n) is 6.09. The van der Waals surface area contributed by atoms with Gasteiger partial charge in [-0.1, -0.05) is 32.6 Å². The van der Waals surface area contributed by atoms with Gasteiger partial charge in [0.05, 0.1) is 11.5 Å². The molecule has 1 aromatic carbocycles. The summed E-state index contributed by atoms with van der Waals surface area (Å²) in [7, 11) is -3.44. The summed E-state index contributed by atoms with van der Waals surface area (Å²) in [6.45, 7) is 4.58. The Hall–Kier alpha value is -1.07. The molecule has 4 nitrogen and oxygen atoms in total. The molecule has 0 heterocycles. The molecular formula is C17H27NO3S. The summed E-state index contributed by atoms with van der Waals surface area (Å²) in [4.78, 5) is 0.332. The van der Waals surface area contributed by atoms with Gasteiger partial charge in [0, 0.05) is 6.04 Å².